The summed E-state index contributed by atoms with van der Waals surface area (Å²) in [6.45, 7) is 0. The van der Waals surface area contributed by atoms with Crippen LogP contribution in [0.1, 0.15) is 5.56 Å². The maximum atomic E-state index is 10.7. The Balaban J connectivity index is 2.36. The van der Waals surface area contributed by atoms with Crippen LogP contribution in [0.25, 0.3) is 0 Å². The maximum Gasteiger partial charge on any atom is 0.287 e. The Bertz CT molecular complexity index is 685. The zero-order valence-electron chi connectivity index (χ0n) is 9.41. The molecule has 0 atom stereocenters. The molecule has 7 heteroatoms. The van der Waals surface area contributed by atoms with Crippen molar-refractivity contribution in [2.75, 3.05) is 0 Å². The van der Waals surface area contributed by atoms with Crippen molar-refractivity contribution in [1.29, 1.82) is 5.26 Å². The lowest BCUT2D eigenvalue weighted by Crippen LogP contribution is -1.92. The van der Waals surface area contributed by atoms with Crippen molar-refractivity contribution in [3.05, 3.63) is 56.7 Å². The molecule has 94 valence electrons. The van der Waals surface area contributed by atoms with Gasteiger partial charge in [-0.3, -0.25) is 10.1 Å². The zero-order valence-corrected chi connectivity index (χ0v) is 11.8. The fourth-order valence-electron chi connectivity index (χ4n) is 1.39. The summed E-state index contributed by atoms with van der Waals surface area (Å²) in [5.41, 5.74) is -0.144. The summed E-state index contributed by atoms with van der Waals surface area (Å²) in [5, 5.41) is 20.4. The fourth-order valence-corrected chi connectivity index (χ4v) is 2.70. The van der Waals surface area contributed by atoms with Gasteiger partial charge in [-0.1, -0.05) is 11.8 Å². The van der Waals surface area contributed by atoms with E-state index < -0.39 is 4.92 Å². The van der Waals surface area contributed by atoms with E-state index in [0.29, 0.717) is 0 Å². The van der Waals surface area contributed by atoms with Crippen LogP contribution in [-0.2, 0) is 0 Å². The summed E-state index contributed by atoms with van der Waals surface area (Å²) in [5.74, 6) is 0. The molecule has 0 amide bonds. The predicted octanol–water partition coefficient (Wildman–Crippen LogP) is 3.78. The number of hydrogen-bond donors (Lipinski definition) is 0. The topological polar surface area (TPSA) is 79.8 Å². The van der Waals surface area contributed by atoms with Gasteiger partial charge in [0.2, 0.25) is 0 Å². The number of rotatable bonds is 3. The van der Waals surface area contributed by atoms with E-state index in [0.717, 1.165) is 14.4 Å². The molecular weight excluding hydrogens is 330 g/mol. The van der Waals surface area contributed by atoms with Crippen LogP contribution in [0, 0.1) is 21.4 Å². The monoisotopic (exact) mass is 335 g/mol. The first-order chi connectivity index (χ1) is 9.11. The minimum absolute atomic E-state index is 0.0436. The lowest BCUT2D eigenvalue weighted by molar-refractivity contribution is -0.385. The summed E-state index contributed by atoms with van der Waals surface area (Å²) in [4.78, 5) is 15.1. The van der Waals surface area contributed by atoms with E-state index in [9.17, 15) is 10.1 Å². The highest BCUT2D eigenvalue weighted by molar-refractivity contribution is 9.10. The molecule has 19 heavy (non-hydrogen) atoms. The Morgan fingerprint density at radius 2 is 2.21 bits per heavy atom. The SMILES string of the molecule is N#Cc1cc(Sc2ncccc2Br)ccc1[N+](=O)[O-]. The molecule has 1 aromatic carbocycles. The second-order valence-corrected chi connectivity index (χ2v) is 5.36. The smallest absolute Gasteiger partial charge is 0.258 e. The molecule has 2 rings (SSSR count). The molecule has 0 aliphatic heterocycles. The van der Waals surface area contributed by atoms with E-state index >= 15 is 0 Å². The zero-order chi connectivity index (χ0) is 13.8. The molecule has 0 saturated heterocycles. The summed E-state index contributed by atoms with van der Waals surface area (Å²) in [6, 6.07) is 9.90. The number of nitriles is 1. The standard InChI is InChI=1S/C12H6BrN3O2S/c13-10-2-1-5-15-12(10)19-9-3-4-11(16(17)18)8(6-9)7-14/h1-6H. The van der Waals surface area contributed by atoms with Gasteiger partial charge in [0, 0.05) is 17.2 Å². The van der Waals surface area contributed by atoms with Crippen LogP contribution in [0.5, 0.6) is 0 Å². The van der Waals surface area contributed by atoms with Crippen LogP contribution in [0.3, 0.4) is 0 Å². The van der Waals surface area contributed by atoms with Crippen molar-refractivity contribution in [2.24, 2.45) is 0 Å². The van der Waals surface area contributed by atoms with Gasteiger partial charge >= 0.3 is 0 Å². The Morgan fingerprint density at radius 3 is 2.84 bits per heavy atom. The van der Waals surface area contributed by atoms with Crippen molar-refractivity contribution >= 4 is 33.4 Å². The highest BCUT2D eigenvalue weighted by Crippen LogP contribution is 2.33. The van der Waals surface area contributed by atoms with Crippen LogP contribution in [-0.4, -0.2) is 9.91 Å². The van der Waals surface area contributed by atoms with E-state index in [1.807, 2.05) is 12.1 Å². The molecule has 0 aliphatic rings. The Morgan fingerprint density at radius 1 is 1.42 bits per heavy atom. The average molecular weight is 336 g/mol. The van der Waals surface area contributed by atoms with Crippen molar-refractivity contribution < 1.29 is 4.92 Å². The van der Waals surface area contributed by atoms with Gasteiger partial charge in [0.25, 0.3) is 5.69 Å². The van der Waals surface area contributed by atoms with Crippen LogP contribution in [0.15, 0.2) is 50.9 Å². The normalized spacial score (nSPS) is 9.89. The van der Waals surface area contributed by atoms with Gasteiger partial charge in [-0.15, -0.1) is 0 Å². The number of pyridine rings is 1. The number of nitro groups is 1. The molecule has 0 fully saturated rings. The summed E-state index contributed by atoms with van der Waals surface area (Å²) in [7, 11) is 0. The first kappa shape index (κ1) is 13.5. The first-order valence-electron chi connectivity index (χ1n) is 5.08. The van der Waals surface area contributed by atoms with Gasteiger partial charge in [0.15, 0.2) is 0 Å². The van der Waals surface area contributed by atoms with Gasteiger partial charge in [-0.05, 0) is 40.2 Å². The second kappa shape index (κ2) is 5.82. The van der Waals surface area contributed by atoms with Crippen LogP contribution in [0.4, 0.5) is 5.69 Å². The summed E-state index contributed by atoms with van der Waals surface area (Å²) < 4.78 is 0.830. The summed E-state index contributed by atoms with van der Waals surface area (Å²) >= 11 is 4.70. The quantitative estimate of drug-likeness (QED) is 0.629. The number of halogens is 1. The number of nitrogens with zero attached hydrogens (tertiary/aromatic N) is 3. The highest BCUT2D eigenvalue weighted by atomic mass is 79.9. The molecule has 0 unspecified atom stereocenters. The molecule has 1 aromatic heterocycles. The lowest BCUT2D eigenvalue weighted by Gasteiger charge is -2.03. The van der Waals surface area contributed by atoms with Crippen molar-refractivity contribution in [1.82, 2.24) is 4.98 Å². The second-order valence-electron chi connectivity index (χ2n) is 3.44. The minimum Gasteiger partial charge on any atom is -0.258 e. The Kier molecular flexibility index (Phi) is 4.14. The molecule has 0 spiro atoms. The number of benzene rings is 1. The molecule has 0 radical (unpaired) electrons. The van der Waals surface area contributed by atoms with E-state index in [2.05, 4.69) is 20.9 Å². The lowest BCUT2D eigenvalue weighted by atomic mass is 10.2. The molecular formula is C12H6BrN3O2S. The third-order valence-electron chi connectivity index (χ3n) is 2.22. The fraction of sp³-hybridized carbons (Fsp3) is 0. The number of hydrogen-bond acceptors (Lipinski definition) is 5. The molecule has 5 nitrogen and oxygen atoms in total. The van der Waals surface area contributed by atoms with E-state index in [1.165, 1.54) is 23.9 Å². The maximum absolute atomic E-state index is 10.7. The molecule has 0 bridgehead atoms. The third-order valence-corrected chi connectivity index (χ3v) is 4.14. The van der Waals surface area contributed by atoms with Crippen molar-refractivity contribution in [2.45, 2.75) is 9.92 Å². The van der Waals surface area contributed by atoms with Crippen molar-refractivity contribution in [3.8, 4) is 6.07 Å². The van der Waals surface area contributed by atoms with Gasteiger partial charge in [0.1, 0.15) is 16.7 Å². The highest BCUT2D eigenvalue weighted by Gasteiger charge is 2.14. The van der Waals surface area contributed by atoms with Gasteiger partial charge in [0.05, 0.1) is 9.40 Å². The first-order valence-corrected chi connectivity index (χ1v) is 6.69. The molecule has 1 heterocycles. The third kappa shape index (κ3) is 3.10. The molecule has 0 N–H and O–H groups in total. The van der Waals surface area contributed by atoms with Crippen LogP contribution >= 0.6 is 27.7 Å². The number of nitro benzene ring substituents is 1. The van der Waals surface area contributed by atoms with E-state index in [1.54, 1.807) is 18.3 Å². The van der Waals surface area contributed by atoms with Gasteiger partial charge in [-0.2, -0.15) is 5.26 Å². The molecule has 2 aromatic rings. The average Bonchev–Trinajstić information content (AvgIpc) is 2.41. The van der Waals surface area contributed by atoms with Crippen LogP contribution in [0.2, 0.25) is 0 Å². The predicted molar refractivity (Wildman–Crippen MR) is 73.9 cm³/mol. The van der Waals surface area contributed by atoms with Crippen LogP contribution < -0.4 is 0 Å². The van der Waals surface area contributed by atoms with Gasteiger partial charge in [-0.25, -0.2) is 4.98 Å². The molecule has 0 saturated carbocycles. The molecule has 0 aliphatic carbocycles. The van der Waals surface area contributed by atoms with E-state index in [-0.39, 0.29) is 11.3 Å². The largest absolute Gasteiger partial charge is 0.287 e. The van der Waals surface area contributed by atoms with E-state index in [4.69, 9.17) is 5.26 Å². The Hall–Kier alpha value is -1.91. The number of aromatic nitrogens is 1. The Labute approximate surface area is 121 Å². The minimum atomic E-state index is -0.566. The summed E-state index contributed by atoms with van der Waals surface area (Å²) in [6.07, 6.45) is 1.66. The van der Waals surface area contributed by atoms with Gasteiger partial charge < -0.3 is 0 Å². The van der Waals surface area contributed by atoms with Crippen molar-refractivity contribution in [3.63, 3.8) is 0 Å².